The number of fused-ring (bicyclic) bond motifs is 1. The molecule has 2 aromatic heterocycles. The van der Waals surface area contributed by atoms with Gasteiger partial charge in [-0.05, 0) is 36.8 Å². The Bertz CT molecular complexity index is 840. The van der Waals surface area contributed by atoms with Gasteiger partial charge in [0.05, 0.1) is 31.5 Å². The highest BCUT2D eigenvalue weighted by atomic mass is 16.5. The molecule has 0 radical (unpaired) electrons. The number of rotatable bonds is 4. The monoisotopic (exact) mass is 324 g/mol. The van der Waals surface area contributed by atoms with E-state index in [-0.39, 0.29) is 0 Å². The number of hydrogen-bond acceptors (Lipinski definition) is 6. The standard InChI is InChI=1S/C18H20N4O2/c1-13-4-7-24-17(13)11-19-18-15-10-14(22-5-8-23-9-6-22)2-3-16(15)20-12-21-18/h2-4,7,10,12H,5-6,8-9,11H2,1H3,(H,19,20,21). The van der Waals surface area contributed by atoms with Crippen LogP contribution in [0.2, 0.25) is 0 Å². The van der Waals surface area contributed by atoms with Crippen molar-refractivity contribution in [2.75, 3.05) is 36.5 Å². The Labute approximate surface area is 140 Å². The van der Waals surface area contributed by atoms with Gasteiger partial charge >= 0.3 is 0 Å². The summed E-state index contributed by atoms with van der Waals surface area (Å²) < 4.78 is 10.9. The number of furan rings is 1. The van der Waals surface area contributed by atoms with Crippen LogP contribution in [0.3, 0.4) is 0 Å². The van der Waals surface area contributed by atoms with Crippen molar-refractivity contribution in [3.63, 3.8) is 0 Å². The van der Waals surface area contributed by atoms with Gasteiger partial charge in [0.1, 0.15) is 17.9 Å². The summed E-state index contributed by atoms with van der Waals surface area (Å²) in [6, 6.07) is 8.27. The van der Waals surface area contributed by atoms with E-state index in [1.54, 1.807) is 12.6 Å². The first-order valence-corrected chi connectivity index (χ1v) is 8.15. The van der Waals surface area contributed by atoms with Crippen LogP contribution in [0, 0.1) is 6.92 Å². The first-order valence-electron chi connectivity index (χ1n) is 8.15. The molecule has 0 atom stereocenters. The molecule has 1 aliphatic rings. The van der Waals surface area contributed by atoms with Gasteiger partial charge in [-0.2, -0.15) is 0 Å². The molecular formula is C18H20N4O2. The second kappa shape index (κ2) is 6.49. The number of morpholine rings is 1. The SMILES string of the molecule is Cc1ccoc1CNc1ncnc2ccc(N3CCOCC3)cc12. The smallest absolute Gasteiger partial charge is 0.137 e. The number of benzene rings is 1. The van der Waals surface area contributed by atoms with Gasteiger partial charge in [-0.3, -0.25) is 0 Å². The average Bonchev–Trinajstić information content (AvgIpc) is 3.05. The van der Waals surface area contributed by atoms with Gasteiger partial charge in [0, 0.05) is 24.2 Å². The summed E-state index contributed by atoms with van der Waals surface area (Å²) in [6.45, 7) is 6.00. The molecule has 0 bridgehead atoms. The summed E-state index contributed by atoms with van der Waals surface area (Å²) in [5.74, 6) is 1.75. The Kier molecular flexibility index (Phi) is 4.04. The molecule has 1 aliphatic heterocycles. The fourth-order valence-corrected chi connectivity index (χ4v) is 2.95. The maximum Gasteiger partial charge on any atom is 0.137 e. The first-order chi connectivity index (χ1) is 11.8. The van der Waals surface area contributed by atoms with E-state index in [4.69, 9.17) is 9.15 Å². The Morgan fingerprint density at radius 3 is 2.83 bits per heavy atom. The molecule has 0 unspecified atom stereocenters. The van der Waals surface area contributed by atoms with Gasteiger partial charge < -0.3 is 19.4 Å². The lowest BCUT2D eigenvalue weighted by molar-refractivity contribution is 0.122. The van der Waals surface area contributed by atoms with Crippen molar-refractivity contribution < 1.29 is 9.15 Å². The molecule has 1 N–H and O–H groups in total. The Morgan fingerprint density at radius 1 is 1.17 bits per heavy atom. The van der Waals surface area contributed by atoms with Gasteiger partial charge in [0.15, 0.2) is 0 Å². The quantitative estimate of drug-likeness (QED) is 0.796. The molecule has 6 heteroatoms. The predicted octanol–water partition coefficient (Wildman–Crippen LogP) is 2.98. The van der Waals surface area contributed by atoms with E-state index in [1.165, 1.54) is 5.69 Å². The van der Waals surface area contributed by atoms with E-state index in [9.17, 15) is 0 Å². The number of nitrogens with zero attached hydrogens (tertiary/aromatic N) is 3. The molecule has 0 spiro atoms. The van der Waals surface area contributed by atoms with Crippen molar-refractivity contribution in [2.45, 2.75) is 13.5 Å². The van der Waals surface area contributed by atoms with Gasteiger partial charge in [-0.15, -0.1) is 0 Å². The fourth-order valence-electron chi connectivity index (χ4n) is 2.95. The molecule has 1 aromatic carbocycles. The number of aryl methyl sites for hydroxylation is 1. The maximum absolute atomic E-state index is 5.49. The minimum Gasteiger partial charge on any atom is -0.467 e. The van der Waals surface area contributed by atoms with E-state index in [0.29, 0.717) is 6.54 Å². The zero-order valence-electron chi connectivity index (χ0n) is 13.7. The van der Waals surface area contributed by atoms with Crippen LogP contribution in [0.4, 0.5) is 11.5 Å². The van der Waals surface area contributed by atoms with Crippen molar-refractivity contribution in [2.24, 2.45) is 0 Å². The molecule has 0 saturated carbocycles. The summed E-state index contributed by atoms with van der Waals surface area (Å²) in [6.07, 6.45) is 3.30. The Morgan fingerprint density at radius 2 is 2.04 bits per heavy atom. The van der Waals surface area contributed by atoms with Crippen LogP contribution >= 0.6 is 0 Å². The van der Waals surface area contributed by atoms with Crippen molar-refractivity contribution >= 4 is 22.4 Å². The lowest BCUT2D eigenvalue weighted by atomic mass is 10.2. The van der Waals surface area contributed by atoms with Crippen LogP contribution < -0.4 is 10.2 Å². The minimum atomic E-state index is 0.604. The van der Waals surface area contributed by atoms with E-state index in [0.717, 1.165) is 54.3 Å². The highest BCUT2D eigenvalue weighted by Crippen LogP contribution is 2.26. The lowest BCUT2D eigenvalue weighted by Crippen LogP contribution is -2.36. The first kappa shape index (κ1) is 15.0. The third kappa shape index (κ3) is 2.92. The number of hydrogen-bond donors (Lipinski definition) is 1. The molecule has 4 rings (SSSR count). The molecule has 3 heterocycles. The van der Waals surface area contributed by atoms with Crippen LogP contribution in [0.1, 0.15) is 11.3 Å². The molecule has 3 aromatic rings. The zero-order chi connectivity index (χ0) is 16.4. The molecule has 0 aliphatic carbocycles. The van der Waals surface area contributed by atoms with E-state index >= 15 is 0 Å². The van der Waals surface area contributed by atoms with Crippen LogP contribution in [0.25, 0.3) is 10.9 Å². The summed E-state index contributed by atoms with van der Waals surface area (Å²) in [7, 11) is 0. The minimum absolute atomic E-state index is 0.604. The molecule has 6 nitrogen and oxygen atoms in total. The van der Waals surface area contributed by atoms with Crippen molar-refractivity contribution in [3.8, 4) is 0 Å². The van der Waals surface area contributed by atoms with E-state index in [1.807, 2.05) is 19.1 Å². The third-order valence-corrected chi connectivity index (χ3v) is 4.38. The van der Waals surface area contributed by atoms with Gasteiger partial charge in [-0.25, -0.2) is 9.97 Å². The van der Waals surface area contributed by atoms with Crippen LogP contribution in [0.5, 0.6) is 0 Å². The predicted molar refractivity (Wildman–Crippen MR) is 93.3 cm³/mol. The number of aromatic nitrogens is 2. The van der Waals surface area contributed by atoms with Crippen LogP contribution in [0.15, 0.2) is 41.3 Å². The summed E-state index contributed by atoms with van der Waals surface area (Å²) in [5.41, 5.74) is 3.24. The third-order valence-electron chi connectivity index (χ3n) is 4.38. The zero-order valence-corrected chi connectivity index (χ0v) is 13.7. The fraction of sp³-hybridized carbons (Fsp3) is 0.333. The highest BCUT2D eigenvalue weighted by Gasteiger charge is 2.13. The normalized spacial score (nSPS) is 15.0. The largest absolute Gasteiger partial charge is 0.467 e. The Hall–Kier alpha value is -2.60. The lowest BCUT2D eigenvalue weighted by Gasteiger charge is -2.29. The summed E-state index contributed by atoms with van der Waals surface area (Å²) in [5, 5.41) is 4.39. The van der Waals surface area contributed by atoms with Gasteiger partial charge in [0.25, 0.3) is 0 Å². The van der Waals surface area contributed by atoms with Crippen molar-refractivity contribution in [1.29, 1.82) is 0 Å². The highest BCUT2D eigenvalue weighted by molar-refractivity contribution is 5.91. The molecule has 24 heavy (non-hydrogen) atoms. The summed E-state index contributed by atoms with van der Waals surface area (Å²) >= 11 is 0. The van der Waals surface area contributed by atoms with Gasteiger partial charge in [0.2, 0.25) is 0 Å². The second-order valence-electron chi connectivity index (χ2n) is 5.90. The molecular weight excluding hydrogens is 304 g/mol. The Balaban J connectivity index is 1.63. The van der Waals surface area contributed by atoms with Crippen molar-refractivity contribution in [1.82, 2.24) is 9.97 Å². The van der Waals surface area contributed by atoms with Gasteiger partial charge in [-0.1, -0.05) is 0 Å². The number of ether oxygens (including phenoxy) is 1. The number of nitrogens with one attached hydrogen (secondary N) is 1. The van der Waals surface area contributed by atoms with E-state index < -0.39 is 0 Å². The molecule has 124 valence electrons. The average molecular weight is 324 g/mol. The van der Waals surface area contributed by atoms with Crippen molar-refractivity contribution in [3.05, 3.63) is 48.2 Å². The summed E-state index contributed by atoms with van der Waals surface area (Å²) in [4.78, 5) is 11.1. The maximum atomic E-state index is 5.49. The van der Waals surface area contributed by atoms with E-state index in [2.05, 4.69) is 32.3 Å². The molecule has 1 fully saturated rings. The molecule has 0 amide bonds. The van der Waals surface area contributed by atoms with Crippen LogP contribution in [-0.4, -0.2) is 36.3 Å². The second-order valence-corrected chi connectivity index (χ2v) is 5.90. The molecule has 1 saturated heterocycles. The topological polar surface area (TPSA) is 63.4 Å². The number of anilines is 2. The van der Waals surface area contributed by atoms with Crippen LogP contribution in [-0.2, 0) is 11.3 Å².